The van der Waals surface area contributed by atoms with Crippen LogP contribution in [0.2, 0.25) is 0 Å². The first kappa shape index (κ1) is 8.53. The lowest BCUT2D eigenvalue weighted by Gasteiger charge is -2.14. The molecule has 2 aliphatic rings. The number of carboxylic acid groups (broad SMARTS) is 1. The Bertz CT molecular complexity index is 264. The molecule has 0 bridgehead atoms. The van der Waals surface area contributed by atoms with E-state index in [0.717, 1.165) is 6.42 Å². The molecule has 0 aromatic rings. The fourth-order valence-electron chi connectivity index (χ4n) is 1.95. The van der Waals surface area contributed by atoms with E-state index in [2.05, 4.69) is 6.92 Å². The van der Waals surface area contributed by atoms with E-state index in [-0.39, 0.29) is 12.3 Å². The molecule has 1 aliphatic carbocycles. The molecule has 72 valence electrons. The van der Waals surface area contributed by atoms with Gasteiger partial charge in [-0.2, -0.15) is 0 Å². The van der Waals surface area contributed by atoms with E-state index >= 15 is 0 Å². The Hall–Kier alpha value is -1.06. The standard InChI is InChI=1S/C9H13NO3/c1-5-2-7(5)10-4-6(9(12)13)3-8(10)11/h5-7H,2-4H2,1H3,(H,12,13). The van der Waals surface area contributed by atoms with Gasteiger partial charge in [0.1, 0.15) is 0 Å². The van der Waals surface area contributed by atoms with Crippen LogP contribution in [-0.4, -0.2) is 34.5 Å². The topological polar surface area (TPSA) is 57.6 Å². The highest BCUT2D eigenvalue weighted by molar-refractivity contribution is 5.86. The summed E-state index contributed by atoms with van der Waals surface area (Å²) in [7, 11) is 0. The van der Waals surface area contributed by atoms with Crippen LogP contribution in [0.3, 0.4) is 0 Å². The van der Waals surface area contributed by atoms with E-state index in [1.54, 1.807) is 4.90 Å². The molecule has 3 unspecified atom stereocenters. The molecule has 0 aromatic heterocycles. The Balaban J connectivity index is 2.00. The molecule has 0 spiro atoms. The van der Waals surface area contributed by atoms with Gasteiger partial charge in [0.2, 0.25) is 5.91 Å². The van der Waals surface area contributed by atoms with Gasteiger partial charge in [-0.05, 0) is 12.3 Å². The number of likely N-dealkylation sites (tertiary alicyclic amines) is 1. The van der Waals surface area contributed by atoms with Crippen LogP contribution in [0.1, 0.15) is 19.8 Å². The highest BCUT2D eigenvalue weighted by Gasteiger charge is 2.46. The predicted molar refractivity (Wildman–Crippen MR) is 45.0 cm³/mol. The number of rotatable bonds is 2. The normalized spacial score (nSPS) is 38.1. The van der Waals surface area contributed by atoms with Crippen LogP contribution in [-0.2, 0) is 9.59 Å². The van der Waals surface area contributed by atoms with Gasteiger partial charge in [-0.3, -0.25) is 9.59 Å². The minimum absolute atomic E-state index is 0.0155. The van der Waals surface area contributed by atoms with E-state index < -0.39 is 11.9 Å². The summed E-state index contributed by atoms with van der Waals surface area (Å²) < 4.78 is 0. The lowest BCUT2D eigenvalue weighted by molar-refractivity contribution is -0.141. The van der Waals surface area contributed by atoms with Crippen molar-refractivity contribution in [1.82, 2.24) is 4.90 Å². The van der Waals surface area contributed by atoms with Crippen molar-refractivity contribution in [3.63, 3.8) is 0 Å². The summed E-state index contributed by atoms with van der Waals surface area (Å²) in [4.78, 5) is 23.8. The van der Waals surface area contributed by atoms with Gasteiger partial charge in [0.25, 0.3) is 0 Å². The SMILES string of the molecule is CC1CC1N1CC(C(=O)O)CC1=O. The lowest BCUT2D eigenvalue weighted by atomic mass is 10.1. The molecule has 1 heterocycles. The van der Waals surface area contributed by atoms with Gasteiger partial charge in [0.05, 0.1) is 5.92 Å². The fourth-order valence-corrected chi connectivity index (χ4v) is 1.95. The number of carbonyl (C=O) groups is 2. The fraction of sp³-hybridized carbons (Fsp3) is 0.778. The van der Waals surface area contributed by atoms with Crippen molar-refractivity contribution < 1.29 is 14.7 Å². The third-order valence-electron chi connectivity index (χ3n) is 2.98. The summed E-state index contributed by atoms with van der Waals surface area (Å²) in [5.74, 6) is -0.734. The molecule has 1 N–H and O–H groups in total. The average Bonchev–Trinajstić information content (AvgIpc) is 2.60. The zero-order chi connectivity index (χ0) is 9.59. The Morgan fingerprint density at radius 2 is 2.23 bits per heavy atom. The molecule has 2 rings (SSSR count). The molecular formula is C9H13NO3. The molecule has 3 atom stereocenters. The van der Waals surface area contributed by atoms with Gasteiger partial charge in [0, 0.05) is 19.0 Å². The summed E-state index contributed by atoms with van der Waals surface area (Å²) in [6, 6.07) is 0.330. The lowest BCUT2D eigenvalue weighted by Crippen LogP contribution is -2.29. The van der Waals surface area contributed by atoms with Crippen LogP contribution in [0.15, 0.2) is 0 Å². The Morgan fingerprint density at radius 3 is 2.62 bits per heavy atom. The second-order valence-corrected chi connectivity index (χ2v) is 4.07. The first-order chi connectivity index (χ1) is 6.09. The minimum atomic E-state index is -0.843. The van der Waals surface area contributed by atoms with Crippen LogP contribution < -0.4 is 0 Å². The number of nitrogens with zero attached hydrogens (tertiary/aromatic N) is 1. The maximum atomic E-state index is 11.4. The molecule has 1 saturated carbocycles. The van der Waals surface area contributed by atoms with Gasteiger partial charge in [-0.25, -0.2) is 0 Å². The van der Waals surface area contributed by atoms with E-state index in [1.807, 2.05) is 0 Å². The van der Waals surface area contributed by atoms with Gasteiger partial charge >= 0.3 is 5.97 Å². The van der Waals surface area contributed by atoms with E-state index in [9.17, 15) is 9.59 Å². The van der Waals surface area contributed by atoms with Crippen molar-refractivity contribution in [3.05, 3.63) is 0 Å². The Morgan fingerprint density at radius 1 is 1.62 bits per heavy atom. The van der Waals surface area contributed by atoms with Crippen molar-refractivity contribution in [1.29, 1.82) is 0 Å². The predicted octanol–water partition coefficient (Wildman–Crippen LogP) is 0.328. The van der Waals surface area contributed by atoms with Crippen LogP contribution in [0, 0.1) is 11.8 Å². The Kier molecular flexibility index (Phi) is 1.78. The van der Waals surface area contributed by atoms with Crippen molar-refractivity contribution in [2.75, 3.05) is 6.54 Å². The minimum Gasteiger partial charge on any atom is -0.481 e. The largest absolute Gasteiger partial charge is 0.481 e. The van der Waals surface area contributed by atoms with Crippen molar-refractivity contribution in [2.45, 2.75) is 25.8 Å². The highest BCUT2D eigenvalue weighted by atomic mass is 16.4. The smallest absolute Gasteiger partial charge is 0.308 e. The highest BCUT2D eigenvalue weighted by Crippen LogP contribution is 2.38. The second kappa shape index (κ2) is 2.72. The number of aliphatic carboxylic acids is 1. The van der Waals surface area contributed by atoms with Crippen LogP contribution in [0.5, 0.6) is 0 Å². The molecule has 1 saturated heterocycles. The van der Waals surface area contributed by atoms with Crippen LogP contribution in [0.25, 0.3) is 0 Å². The summed E-state index contributed by atoms with van der Waals surface area (Å²) in [6.07, 6.45) is 1.23. The third kappa shape index (κ3) is 1.41. The quantitative estimate of drug-likeness (QED) is 0.671. The number of hydrogen-bond donors (Lipinski definition) is 1. The van der Waals surface area contributed by atoms with Crippen LogP contribution >= 0.6 is 0 Å². The average molecular weight is 183 g/mol. The summed E-state index contributed by atoms with van der Waals surface area (Å²) in [5, 5.41) is 8.74. The van der Waals surface area contributed by atoms with Gasteiger partial charge in [0.15, 0.2) is 0 Å². The maximum Gasteiger partial charge on any atom is 0.308 e. The second-order valence-electron chi connectivity index (χ2n) is 4.07. The first-order valence-electron chi connectivity index (χ1n) is 4.62. The molecule has 0 radical (unpaired) electrons. The van der Waals surface area contributed by atoms with Gasteiger partial charge in [-0.1, -0.05) is 6.92 Å². The first-order valence-corrected chi connectivity index (χ1v) is 4.62. The van der Waals surface area contributed by atoms with E-state index in [4.69, 9.17) is 5.11 Å². The van der Waals surface area contributed by atoms with Gasteiger partial charge in [-0.15, -0.1) is 0 Å². The maximum absolute atomic E-state index is 11.4. The van der Waals surface area contributed by atoms with Crippen molar-refractivity contribution in [3.8, 4) is 0 Å². The molecular weight excluding hydrogens is 170 g/mol. The number of carboxylic acids is 1. The molecule has 4 nitrogen and oxygen atoms in total. The number of carbonyl (C=O) groups excluding carboxylic acids is 1. The monoisotopic (exact) mass is 183 g/mol. The molecule has 1 amide bonds. The summed E-state index contributed by atoms with van der Waals surface area (Å²) in [5.41, 5.74) is 0. The third-order valence-corrected chi connectivity index (χ3v) is 2.98. The number of amides is 1. The van der Waals surface area contributed by atoms with Gasteiger partial charge < -0.3 is 10.0 Å². The Labute approximate surface area is 76.5 Å². The van der Waals surface area contributed by atoms with E-state index in [0.29, 0.717) is 18.5 Å². The van der Waals surface area contributed by atoms with Crippen molar-refractivity contribution in [2.24, 2.45) is 11.8 Å². The van der Waals surface area contributed by atoms with Crippen LogP contribution in [0.4, 0.5) is 0 Å². The summed E-state index contributed by atoms with van der Waals surface area (Å²) in [6.45, 7) is 2.51. The number of hydrogen-bond acceptors (Lipinski definition) is 2. The molecule has 1 aliphatic heterocycles. The zero-order valence-electron chi connectivity index (χ0n) is 7.56. The zero-order valence-corrected chi connectivity index (χ0v) is 7.56. The van der Waals surface area contributed by atoms with E-state index in [1.165, 1.54) is 0 Å². The molecule has 13 heavy (non-hydrogen) atoms. The molecule has 0 aromatic carbocycles. The molecule has 4 heteroatoms. The summed E-state index contributed by atoms with van der Waals surface area (Å²) >= 11 is 0. The molecule has 2 fully saturated rings. The van der Waals surface area contributed by atoms with Crippen molar-refractivity contribution >= 4 is 11.9 Å².